The van der Waals surface area contributed by atoms with Crippen LogP contribution in [0.1, 0.15) is 18.9 Å². The number of ether oxygens (including phenoxy) is 1. The number of nitrogens with two attached hydrogens (primary N) is 1. The first-order valence-corrected chi connectivity index (χ1v) is 5.85. The van der Waals surface area contributed by atoms with Gasteiger partial charge >= 0.3 is 0 Å². The van der Waals surface area contributed by atoms with Crippen LogP contribution in [0.3, 0.4) is 0 Å². The fraction of sp³-hybridized carbons (Fsp3) is 0.538. The highest BCUT2D eigenvalue weighted by atomic mass is 16.5. The molecule has 0 aromatic heterocycles. The van der Waals surface area contributed by atoms with E-state index >= 15 is 0 Å². The van der Waals surface area contributed by atoms with Gasteiger partial charge in [-0.3, -0.25) is 0 Å². The second-order valence-electron chi connectivity index (χ2n) is 4.11. The monoisotopic (exact) mass is 222 g/mol. The molecule has 0 aliphatic rings. The molecule has 0 spiro atoms. The van der Waals surface area contributed by atoms with Crippen LogP contribution in [0.2, 0.25) is 0 Å². The minimum absolute atomic E-state index is 0.388. The van der Waals surface area contributed by atoms with Crippen molar-refractivity contribution < 1.29 is 4.74 Å². The molecule has 3 heteroatoms. The lowest BCUT2D eigenvalue weighted by Crippen LogP contribution is -2.34. The average molecular weight is 222 g/mol. The largest absolute Gasteiger partial charge is 0.494 e. The lowest BCUT2D eigenvalue weighted by molar-refractivity contribution is 0.305. The second-order valence-corrected chi connectivity index (χ2v) is 4.11. The first-order valence-electron chi connectivity index (χ1n) is 5.85. The molecule has 0 bridgehead atoms. The molecule has 1 rings (SSSR count). The Morgan fingerprint density at radius 3 is 2.94 bits per heavy atom. The Morgan fingerprint density at radius 2 is 2.25 bits per heavy atom. The van der Waals surface area contributed by atoms with E-state index in [9.17, 15) is 0 Å². The van der Waals surface area contributed by atoms with Crippen LogP contribution >= 0.6 is 0 Å². The van der Waals surface area contributed by atoms with Crippen molar-refractivity contribution in [3.8, 4) is 5.75 Å². The molecule has 1 aromatic carbocycles. The summed E-state index contributed by atoms with van der Waals surface area (Å²) in [4.78, 5) is 0. The van der Waals surface area contributed by atoms with Gasteiger partial charge in [-0.1, -0.05) is 12.1 Å². The summed E-state index contributed by atoms with van der Waals surface area (Å²) in [5.74, 6) is 0.951. The highest BCUT2D eigenvalue weighted by molar-refractivity contribution is 5.27. The summed E-state index contributed by atoms with van der Waals surface area (Å²) in [5, 5.41) is 3.32. The van der Waals surface area contributed by atoms with E-state index in [2.05, 4.69) is 31.3 Å². The van der Waals surface area contributed by atoms with Gasteiger partial charge < -0.3 is 15.8 Å². The fourth-order valence-corrected chi connectivity index (χ4v) is 1.40. The normalized spacial score (nSPS) is 12.4. The molecular weight excluding hydrogens is 200 g/mol. The van der Waals surface area contributed by atoms with Crippen molar-refractivity contribution in [2.45, 2.75) is 26.3 Å². The summed E-state index contributed by atoms with van der Waals surface area (Å²) >= 11 is 0. The van der Waals surface area contributed by atoms with E-state index < -0.39 is 0 Å². The number of benzene rings is 1. The molecule has 3 nitrogen and oxygen atoms in total. The molecule has 0 unspecified atom stereocenters. The topological polar surface area (TPSA) is 47.3 Å². The van der Waals surface area contributed by atoms with Crippen molar-refractivity contribution in [2.75, 3.05) is 19.7 Å². The van der Waals surface area contributed by atoms with Gasteiger partial charge in [0.05, 0.1) is 6.61 Å². The van der Waals surface area contributed by atoms with Crippen molar-refractivity contribution in [1.29, 1.82) is 0 Å². The molecule has 0 aliphatic carbocycles. The van der Waals surface area contributed by atoms with Crippen molar-refractivity contribution in [3.05, 3.63) is 29.8 Å². The van der Waals surface area contributed by atoms with Gasteiger partial charge in [-0.15, -0.1) is 0 Å². The number of nitrogens with one attached hydrogen (secondary N) is 1. The molecule has 0 heterocycles. The lowest BCUT2D eigenvalue weighted by Gasteiger charge is -2.11. The van der Waals surface area contributed by atoms with Gasteiger partial charge in [-0.05, 0) is 44.5 Å². The Balaban J connectivity index is 2.12. The lowest BCUT2D eigenvalue weighted by atomic mass is 10.2. The van der Waals surface area contributed by atoms with Crippen LogP contribution < -0.4 is 15.8 Å². The Labute approximate surface area is 98.0 Å². The highest BCUT2D eigenvalue weighted by Crippen LogP contribution is 2.12. The Bertz CT molecular complexity index is 302. The average Bonchev–Trinajstić information content (AvgIpc) is 2.28. The van der Waals surface area contributed by atoms with Gasteiger partial charge in [0.1, 0.15) is 5.75 Å². The third-order valence-electron chi connectivity index (χ3n) is 2.43. The summed E-state index contributed by atoms with van der Waals surface area (Å²) < 4.78 is 5.63. The van der Waals surface area contributed by atoms with E-state index in [0.717, 1.165) is 25.3 Å². The molecule has 0 radical (unpaired) electrons. The Hall–Kier alpha value is -1.06. The standard InChI is InChI=1S/C13H22N2O/c1-11-5-3-6-13(9-11)16-8-4-7-15-12(2)10-14/h3,5-6,9,12,15H,4,7-8,10,14H2,1-2H3/t12-/m1/s1. The van der Waals surface area contributed by atoms with Gasteiger partial charge in [0, 0.05) is 12.6 Å². The molecule has 0 fully saturated rings. The fourth-order valence-electron chi connectivity index (χ4n) is 1.40. The maximum Gasteiger partial charge on any atom is 0.119 e. The van der Waals surface area contributed by atoms with Crippen molar-refractivity contribution >= 4 is 0 Å². The van der Waals surface area contributed by atoms with Crippen LogP contribution in [0.15, 0.2) is 24.3 Å². The molecule has 1 atom stereocenters. The number of aryl methyl sites for hydroxylation is 1. The predicted molar refractivity (Wildman–Crippen MR) is 67.8 cm³/mol. The zero-order valence-corrected chi connectivity index (χ0v) is 10.2. The number of hydrogen-bond donors (Lipinski definition) is 2. The summed E-state index contributed by atoms with van der Waals surface area (Å²) in [7, 11) is 0. The zero-order valence-electron chi connectivity index (χ0n) is 10.2. The third kappa shape index (κ3) is 5.14. The molecule has 1 aromatic rings. The zero-order chi connectivity index (χ0) is 11.8. The maximum absolute atomic E-state index is 5.63. The van der Waals surface area contributed by atoms with Crippen LogP contribution in [-0.2, 0) is 0 Å². The summed E-state index contributed by atoms with van der Waals surface area (Å²) in [6.07, 6.45) is 0.998. The number of hydrogen-bond acceptors (Lipinski definition) is 3. The van der Waals surface area contributed by atoms with Gasteiger partial charge in [0.2, 0.25) is 0 Å². The van der Waals surface area contributed by atoms with E-state index in [0.29, 0.717) is 12.6 Å². The molecule has 0 saturated heterocycles. The van der Waals surface area contributed by atoms with E-state index in [4.69, 9.17) is 10.5 Å². The summed E-state index contributed by atoms with van der Waals surface area (Å²) in [6, 6.07) is 8.51. The van der Waals surface area contributed by atoms with Crippen LogP contribution in [0.5, 0.6) is 5.75 Å². The predicted octanol–water partition coefficient (Wildman–Crippen LogP) is 1.70. The minimum Gasteiger partial charge on any atom is -0.494 e. The molecule has 3 N–H and O–H groups in total. The first-order chi connectivity index (χ1) is 7.72. The molecule has 0 aliphatic heterocycles. The Morgan fingerprint density at radius 1 is 1.44 bits per heavy atom. The van der Waals surface area contributed by atoms with Crippen LogP contribution in [0, 0.1) is 6.92 Å². The van der Waals surface area contributed by atoms with Gasteiger partial charge in [-0.25, -0.2) is 0 Å². The van der Waals surface area contributed by atoms with Crippen LogP contribution in [0.4, 0.5) is 0 Å². The van der Waals surface area contributed by atoms with Crippen molar-refractivity contribution in [2.24, 2.45) is 5.73 Å². The molecule has 16 heavy (non-hydrogen) atoms. The van der Waals surface area contributed by atoms with E-state index in [-0.39, 0.29) is 0 Å². The van der Waals surface area contributed by atoms with E-state index in [1.165, 1.54) is 5.56 Å². The minimum atomic E-state index is 0.388. The molecular formula is C13H22N2O. The van der Waals surface area contributed by atoms with Crippen molar-refractivity contribution in [1.82, 2.24) is 5.32 Å². The van der Waals surface area contributed by atoms with E-state index in [1.54, 1.807) is 0 Å². The Kier molecular flexibility index (Phi) is 5.90. The molecule has 0 amide bonds. The van der Waals surface area contributed by atoms with Crippen LogP contribution in [0.25, 0.3) is 0 Å². The quantitative estimate of drug-likeness (QED) is 0.690. The molecule has 0 saturated carbocycles. The SMILES string of the molecule is Cc1cccc(OCCCN[C@H](C)CN)c1. The third-order valence-corrected chi connectivity index (χ3v) is 2.43. The summed E-state index contributed by atoms with van der Waals surface area (Å²) in [5.41, 5.74) is 6.73. The second kappa shape index (κ2) is 7.25. The van der Waals surface area contributed by atoms with Gasteiger partial charge in [0.15, 0.2) is 0 Å². The summed E-state index contributed by atoms with van der Waals surface area (Å²) in [6.45, 7) is 6.52. The maximum atomic E-state index is 5.63. The highest BCUT2D eigenvalue weighted by Gasteiger charge is 1.97. The van der Waals surface area contributed by atoms with Crippen LogP contribution in [-0.4, -0.2) is 25.7 Å². The first kappa shape index (κ1) is 13.0. The number of rotatable bonds is 7. The van der Waals surface area contributed by atoms with E-state index in [1.807, 2.05) is 12.1 Å². The van der Waals surface area contributed by atoms with Gasteiger partial charge in [0.25, 0.3) is 0 Å². The van der Waals surface area contributed by atoms with Gasteiger partial charge in [-0.2, -0.15) is 0 Å². The van der Waals surface area contributed by atoms with Crippen molar-refractivity contribution in [3.63, 3.8) is 0 Å². The smallest absolute Gasteiger partial charge is 0.119 e. The molecule has 90 valence electrons.